The molecule has 9 nitrogen and oxygen atoms in total. The highest BCUT2D eigenvalue weighted by Crippen LogP contribution is 2.39. The summed E-state index contributed by atoms with van der Waals surface area (Å²) in [5.74, 6) is -2.84. The minimum absolute atomic E-state index is 0.0432. The molecule has 0 unspecified atom stereocenters. The van der Waals surface area contributed by atoms with Gasteiger partial charge < -0.3 is 9.88 Å². The van der Waals surface area contributed by atoms with Gasteiger partial charge in [0.15, 0.2) is 0 Å². The lowest BCUT2D eigenvalue weighted by Crippen LogP contribution is -2.66. The molecule has 6 rings (SSSR count). The number of halogens is 2. The average Bonchev–Trinajstić information content (AvgIpc) is 3.56. The zero-order valence-corrected chi connectivity index (χ0v) is 20.6. The summed E-state index contributed by atoms with van der Waals surface area (Å²) in [6.45, 7) is 2.76. The van der Waals surface area contributed by atoms with Gasteiger partial charge in [0, 0.05) is 74.3 Å². The summed E-state index contributed by atoms with van der Waals surface area (Å²) >= 11 is 0. The predicted molar refractivity (Wildman–Crippen MR) is 131 cm³/mol. The van der Waals surface area contributed by atoms with E-state index >= 15 is 0 Å². The van der Waals surface area contributed by atoms with Gasteiger partial charge in [0.25, 0.3) is 0 Å². The molecular formula is C26H30F2N8O. The topological polar surface area (TPSA) is 107 Å². The summed E-state index contributed by atoms with van der Waals surface area (Å²) in [6.07, 6.45) is 9.40. The number of rotatable bonds is 5. The van der Waals surface area contributed by atoms with Gasteiger partial charge in [0.2, 0.25) is 11.8 Å². The predicted octanol–water partition coefficient (Wildman–Crippen LogP) is 3.56. The van der Waals surface area contributed by atoms with Crippen LogP contribution in [-0.4, -0.2) is 78.6 Å². The molecule has 11 heteroatoms. The van der Waals surface area contributed by atoms with Gasteiger partial charge in [-0.15, -0.1) is 0 Å². The lowest BCUT2D eigenvalue weighted by molar-refractivity contribution is -0.142. The SMILES string of the molecule is N#CCC1(n2cc(-c3ncnc4[nH]ccc34)cn2)CN(C2CCN(C(=O)C3CCC(F)(F)CC3)CC2)C1. The lowest BCUT2D eigenvalue weighted by Gasteiger charge is -2.53. The Labute approximate surface area is 213 Å². The first-order valence-corrected chi connectivity index (χ1v) is 13.0. The van der Waals surface area contributed by atoms with Crippen LogP contribution in [0.4, 0.5) is 8.78 Å². The summed E-state index contributed by atoms with van der Waals surface area (Å²) < 4.78 is 28.9. The molecule has 1 saturated carbocycles. The van der Waals surface area contributed by atoms with Crippen LogP contribution in [0.1, 0.15) is 44.9 Å². The molecule has 1 N–H and O–H groups in total. The van der Waals surface area contributed by atoms with E-state index in [2.05, 4.69) is 31.0 Å². The molecule has 3 aromatic rings. The highest BCUT2D eigenvalue weighted by molar-refractivity contribution is 5.90. The summed E-state index contributed by atoms with van der Waals surface area (Å²) in [6, 6.07) is 4.63. The highest BCUT2D eigenvalue weighted by Gasteiger charge is 2.48. The van der Waals surface area contributed by atoms with Gasteiger partial charge in [0.05, 0.1) is 24.4 Å². The number of carbonyl (C=O) groups is 1. The van der Waals surface area contributed by atoms with Crippen molar-refractivity contribution in [1.29, 1.82) is 5.26 Å². The minimum Gasteiger partial charge on any atom is -0.346 e. The molecular weight excluding hydrogens is 478 g/mol. The van der Waals surface area contributed by atoms with Gasteiger partial charge in [-0.2, -0.15) is 10.4 Å². The van der Waals surface area contributed by atoms with E-state index in [1.54, 1.807) is 6.20 Å². The van der Waals surface area contributed by atoms with Gasteiger partial charge >= 0.3 is 0 Å². The van der Waals surface area contributed by atoms with E-state index in [1.165, 1.54) is 6.33 Å². The van der Waals surface area contributed by atoms with Gasteiger partial charge in [-0.25, -0.2) is 18.7 Å². The van der Waals surface area contributed by atoms with Crippen molar-refractivity contribution >= 4 is 16.9 Å². The first-order valence-electron chi connectivity index (χ1n) is 13.0. The number of aromatic amines is 1. The molecule has 3 fully saturated rings. The van der Waals surface area contributed by atoms with Crippen molar-refractivity contribution in [2.75, 3.05) is 26.2 Å². The van der Waals surface area contributed by atoms with Crippen LogP contribution >= 0.6 is 0 Å². The van der Waals surface area contributed by atoms with Crippen LogP contribution < -0.4 is 0 Å². The number of amides is 1. The summed E-state index contributed by atoms with van der Waals surface area (Å²) in [5, 5.41) is 15.1. The normalized spacial score (nSPS) is 22.6. The molecule has 3 aromatic heterocycles. The molecule has 0 atom stereocenters. The second-order valence-electron chi connectivity index (χ2n) is 10.8. The fourth-order valence-corrected chi connectivity index (χ4v) is 6.26. The zero-order chi connectivity index (χ0) is 25.6. The Morgan fingerprint density at radius 2 is 1.92 bits per heavy atom. The molecule has 0 radical (unpaired) electrons. The Morgan fingerprint density at radius 3 is 2.65 bits per heavy atom. The largest absolute Gasteiger partial charge is 0.346 e. The minimum atomic E-state index is -2.62. The molecule has 5 heterocycles. The summed E-state index contributed by atoms with van der Waals surface area (Å²) in [7, 11) is 0. The molecule has 0 spiro atoms. The van der Waals surface area contributed by atoms with Gasteiger partial charge in [0.1, 0.15) is 17.5 Å². The number of aromatic nitrogens is 5. The Balaban J connectivity index is 1.08. The number of H-pyrrole nitrogens is 1. The molecule has 2 aliphatic heterocycles. The number of piperidine rings is 1. The molecule has 2 saturated heterocycles. The van der Waals surface area contributed by atoms with Crippen LogP contribution in [0.2, 0.25) is 0 Å². The van der Waals surface area contributed by atoms with Crippen LogP contribution in [0.5, 0.6) is 0 Å². The van der Waals surface area contributed by atoms with Crippen molar-refractivity contribution in [2.45, 2.75) is 62.4 Å². The number of hydrogen-bond acceptors (Lipinski definition) is 6. The lowest BCUT2D eigenvalue weighted by atomic mass is 9.83. The van der Waals surface area contributed by atoms with Crippen LogP contribution in [0.3, 0.4) is 0 Å². The second kappa shape index (κ2) is 9.17. The monoisotopic (exact) mass is 508 g/mol. The maximum atomic E-state index is 13.5. The fourth-order valence-electron chi connectivity index (χ4n) is 6.26. The maximum absolute atomic E-state index is 13.5. The summed E-state index contributed by atoms with van der Waals surface area (Å²) in [4.78, 5) is 29.0. The van der Waals surface area contributed by atoms with E-state index in [0.29, 0.717) is 25.6 Å². The molecule has 1 amide bonds. The van der Waals surface area contributed by atoms with Crippen LogP contribution in [-0.2, 0) is 10.3 Å². The van der Waals surface area contributed by atoms with Crippen molar-refractivity contribution in [3.05, 3.63) is 31.0 Å². The van der Waals surface area contributed by atoms with Crippen molar-refractivity contribution in [3.63, 3.8) is 0 Å². The van der Waals surface area contributed by atoms with E-state index in [0.717, 1.165) is 48.2 Å². The number of carbonyl (C=O) groups excluding carboxylic acids is 1. The smallest absolute Gasteiger partial charge is 0.248 e. The van der Waals surface area contributed by atoms with E-state index in [9.17, 15) is 18.8 Å². The van der Waals surface area contributed by atoms with Crippen molar-refractivity contribution in [1.82, 2.24) is 34.5 Å². The number of nitrogens with one attached hydrogen (secondary N) is 1. The zero-order valence-electron chi connectivity index (χ0n) is 20.6. The van der Waals surface area contributed by atoms with E-state index < -0.39 is 11.5 Å². The van der Waals surface area contributed by atoms with E-state index in [1.807, 2.05) is 28.0 Å². The van der Waals surface area contributed by atoms with Crippen LogP contribution in [0, 0.1) is 17.2 Å². The quantitative estimate of drug-likeness (QED) is 0.565. The average molecular weight is 509 g/mol. The first-order chi connectivity index (χ1) is 17.9. The number of alkyl halides is 2. The molecule has 0 bridgehead atoms. The van der Waals surface area contributed by atoms with Gasteiger partial charge in [-0.1, -0.05) is 0 Å². The van der Waals surface area contributed by atoms with Crippen LogP contribution in [0.15, 0.2) is 31.0 Å². The Hall–Kier alpha value is -3.39. The molecule has 194 valence electrons. The molecule has 1 aliphatic carbocycles. The number of likely N-dealkylation sites (tertiary alicyclic amines) is 2. The maximum Gasteiger partial charge on any atom is 0.248 e. The highest BCUT2D eigenvalue weighted by atomic mass is 19.3. The number of nitriles is 1. The summed E-state index contributed by atoms with van der Waals surface area (Å²) in [5.41, 5.74) is 2.07. The molecule has 3 aliphatic rings. The van der Waals surface area contributed by atoms with Crippen LogP contribution in [0.25, 0.3) is 22.3 Å². The van der Waals surface area contributed by atoms with Crippen molar-refractivity contribution in [3.8, 4) is 17.3 Å². The van der Waals surface area contributed by atoms with Crippen molar-refractivity contribution < 1.29 is 13.6 Å². The second-order valence-corrected chi connectivity index (χ2v) is 10.8. The molecule has 0 aromatic carbocycles. The van der Waals surface area contributed by atoms with Crippen molar-refractivity contribution in [2.24, 2.45) is 5.92 Å². The number of fused-ring (bicyclic) bond motifs is 1. The Morgan fingerprint density at radius 1 is 1.16 bits per heavy atom. The van der Waals surface area contributed by atoms with E-state index in [-0.39, 0.29) is 37.5 Å². The third kappa shape index (κ3) is 4.37. The number of hydrogen-bond donors (Lipinski definition) is 1. The standard InChI is InChI=1S/C26H30F2N8O/c27-26(28)6-1-18(2-7-26)24(37)34-11-4-20(5-12-34)35-15-25(16-35,8-9-29)36-14-19(13-33-36)22-21-3-10-30-23(21)32-17-31-22/h3,10,13-14,17-18,20H,1-2,4-8,11-12,15-16H2,(H,30,31,32). The van der Waals surface area contributed by atoms with E-state index in [4.69, 9.17) is 0 Å². The molecule has 37 heavy (non-hydrogen) atoms. The number of nitrogens with zero attached hydrogens (tertiary/aromatic N) is 7. The third-order valence-corrected chi connectivity index (χ3v) is 8.46. The fraction of sp³-hybridized carbons (Fsp3) is 0.577. The Kier molecular flexibility index (Phi) is 5.94. The third-order valence-electron chi connectivity index (χ3n) is 8.46. The Bertz CT molecular complexity index is 1320. The van der Waals surface area contributed by atoms with Gasteiger partial charge in [-0.05, 0) is 31.7 Å². The first kappa shape index (κ1) is 24.0. The van der Waals surface area contributed by atoms with Gasteiger partial charge in [-0.3, -0.25) is 14.4 Å².